The zero-order valence-corrected chi connectivity index (χ0v) is 29.3. The van der Waals surface area contributed by atoms with E-state index in [0.717, 1.165) is 72.2 Å². The standard InChI is InChI=1S/C39H40Br2N2O2/c1-3-5-7-12-22-44-35-21-16-27(24-36(35)45-23-13-8-6-4-2)39-42-37-33-25-28(40)17-19-31(33)32-20-18-29(41)26-34(32)38(37)43(39)30-14-10-9-11-15-30/h9-11,14-21,24-26H,3-8,12-13,22-23H2,1-2H3. The smallest absolute Gasteiger partial charge is 0.161 e. The molecule has 0 atom stereocenters. The van der Waals surface area contributed by atoms with Gasteiger partial charge in [-0.05, 0) is 78.2 Å². The molecular formula is C39H40Br2N2O2. The number of imidazole rings is 1. The Balaban J connectivity index is 1.54. The number of ether oxygens (including phenoxy) is 2. The fraction of sp³-hybridized carbons (Fsp3) is 0.308. The average molecular weight is 729 g/mol. The molecule has 5 aromatic carbocycles. The monoisotopic (exact) mass is 726 g/mol. The zero-order chi connectivity index (χ0) is 31.2. The molecule has 4 nitrogen and oxygen atoms in total. The largest absolute Gasteiger partial charge is 0.490 e. The highest BCUT2D eigenvalue weighted by Crippen LogP contribution is 2.42. The number of fused-ring (bicyclic) bond motifs is 6. The molecule has 0 bridgehead atoms. The van der Waals surface area contributed by atoms with Crippen molar-refractivity contribution < 1.29 is 9.47 Å². The highest BCUT2D eigenvalue weighted by atomic mass is 79.9. The maximum atomic E-state index is 6.44. The van der Waals surface area contributed by atoms with Crippen molar-refractivity contribution in [3.05, 3.63) is 93.9 Å². The van der Waals surface area contributed by atoms with Crippen molar-refractivity contribution in [2.75, 3.05) is 13.2 Å². The minimum absolute atomic E-state index is 0.669. The summed E-state index contributed by atoms with van der Waals surface area (Å²) in [6, 6.07) is 29.9. The summed E-state index contributed by atoms with van der Waals surface area (Å²) in [5.74, 6) is 2.46. The maximum absolute atomic E-state index is 6.44. The summed E-state index contributed by atoms with van der Waals surface area (Å²) in [6.07, 6.45) is 9.28. The fourth-order valence-electron chi connectivity index (χ4n) is 6.07. The third kappa shape index (κ3) is 6.92. The Kier molecular flexibility index (Phi) is 10.4. The molecule has 0 aliphatic heterocycles. The molecule has 0 saturated heterocycles. The molecule has 0 amide bonds. The number of rotatable bonds is 14. The minimum Gasteiger partial charge on any atom is -0.490 e. The lowest BCUT2D eigenvalue weighted by Crippen LogP contribution is -2.04. The Bertz CT molecular complexity index is 1920. The van der Waals surface area contributed by atoms with Gasteiger partial charge in [-0.2, -0.15) is 0 Å². The van der Waals surface area contributed by atoms with E-state index >= 15 is 0 Å². The number of hydrogen-bond acceptors (Lipinski definition) is 3. The van der Waals surface area contributed by atoms with E-state index in [9.17, 15) is 0 Å². The average Bonchev–Trinajstić information content (AvgIpc) is 3.47. The summed E-state index contributed by atoms with van der Waals surface area (Å²) in [4.78, 5) is 5.43. The molecule has 0 N–H and O–H groups in total. The molecule has 1 aromatic heterocycles. The molecule has 0 unspecified atom stereocenters. The number of unbranched alkanes of at least 4 members (excludes halogenated alkanes) is 6. The number of para-hydroxylation sites is 1. The Hall–Kier alpha value is -3.35. The van der Waals surface area contributed by atoms with Crippen molar-refractivity contribution in [2.24, 2.45) is 0 Å². The zero-order valence-electron chi connectivity index (χ0n) is 26.1. The van der Waals surface area contributed by atoms with Crippen LogP contribution in [-0.2, 0) is 0 Å². The van der Waals surface area contributed by atoms with E-state index in [1.807, 2.05) is 0 Å². The van der Waals surface area contributed by atoms with Crippen molar-refractivity contribution in [1.82, 2.24) is 9.55 Å². The van der Waals surface area contributed by atoms with Crippen molar-refractivity contribution in [3.63, 3.8) is 0 Å². The van der Waals surface area contributed by atoms with Crippen LogP contribution in [0.2, 0.25) is 0 Å². The molecule has 0 radical (unpaired) electrons. The second-order valence-electron chi connectivity index (χ2n) is 11.7. The van der Waals surface area contributed by atoms with Gasteiger partial charge in [-0.15, -0.1) is 0 Å². The van der Waals surface area contributed by atoms with Crippen LogP contribution >= 0.6 is 31.9 Å². The number of nitrogens with zero attached hydrogens (tertiary/aromatic N) is 2. The third-order valence-electron chi connectivity index (χ3n) is 8.37. The van der Waals surface area contributed by atoms with Crippen molar-refractivity contribution in [2.45, 2.75) is 65.2 Å². The van der Waals surface area contributed by atoms with E-state index in [4.69, 9.17) is 14.5 Å². The Morgan fingerprint density at radius 2 is 1.22 bits per heavy atom. The first kappa shape index (κ1) is 31.6. The molecule has 1 heterocycles. The molecule has 0 saturated carbocycles. The van der Waals surface area contributed by atoms with Gasteiger partial charge in [0.2, 0.25) is 0 Å². The van der Waals surface area contributed by atoms with Crippen molar-refractivity contribution >= 4 is 64.4 Å². The van der Waals surface area contributed by atoms with Gasteiger partial charge in [0.25, 0.3) is 0 Å². The van der Waals surface area contributed by atoms with Gasteiger partial charge < -0.3 is 9.47 Å². The summed E-state index contributed by atoms with van der Waals surface area (Å²) >= 11 is 7.48. The van der Waals surface area contributed by atoms with Crippen LogP contribution in [0.1, 0.15) is 65.2 Å². The molecule has 6 aromatic rings. The van der Waals surface area contributed by atoms with Gasteiger partial charge in [0.15, 0.2) is 11.5 Å². The summed E-state index contributed by atoms with van der Waals surface area (Å²) in [5, 5.41) is 4.64. The first-order valence-corrected chi connectivity index (χ1v) is 17.9. The van der Waals surface area contributed by atoms with Crippen LogP contribution in [0.3, 0.4) is 0 Å². The lowest BCUT2D eigenvalue weighted by molar-refractivity contribution is 0.259. The van der Waals surface area contributed by atoms with Crippen LogP contribution < -0.4 is 9.47 Å². The third-order valence-corrected chi connectivity index (χ3v) is 9.35. The van der Waals surface area contributed by atoms with E-state index in [2.05, 4.69) is 135 Å². The number of benzene rings is 5. The van der Waals surface area contributed by atoms with Crippen LogP contribution in [-0.4, -0.2) is 22.8 Å². The van der Waals surface area contributed by atoms with E-state index in [-0.39, 0.29) is 0 Å². The SMILES string of the molecule is CCCCCCOc1ccc(-c2nc3c4cc(Br)ccc4c4ccc(Br)cc4c3n2-c2ccccc2)cc1OCCCCCC. The number of aromatic nitrogens is 2. The molecule has 6 rings (SSSR count). The van der Waals surface area contributed by atoms with Gasteiger partial charge in [-0.3, -0.25) is 4.57 Å². The van der Waals surface area contributed by atoms with Crippen LogP contribution in [0, 0.1) is 0 Å². The summed E-state index contributed by atoms with van der Waals surface area (Å²) in [5.41, 5.74) is 4.09. The molecule has 0 aliphatic rings. The second kappa shape index (κ2) is 14.8. The van der Waals surface area contributed by atoms with E-state index in [1.54, 1.807) is 0 Å². The lowest BCUT2D eigenvalue weighted by Gasteiger charge is -2.16. The van der Waals surface area contributed by atoms with Gasteiger partial charge in [0, 0.05) is 31.0 Å². The second-order valence-corrected chi connectivity index (χ2v) is 13.5. The Labute approximate surface area is 283 Å². The summed E-state index contributed by atoms with van der Waals surface area (Å²) in [6.45, 7) is 5.82. The van der Waals surface area contributed by atoms with E-state index < -0.39 is 0 Å². The van der Waals surface area contributed by atoms with Crippen LogP contribution in [0.15, 0.2) is 93.9 Å². The number of hydrogen-bond donors (Lipinski definition) is 0. The molecule has 0 fully saturated rings. The molecule has 0 spiro atoms. The van der Waals surface area contributed by atoms with Gasteiger partial charge in [-0.1, -0.05) is 115 Å². The van der Waals surface area contributed by atoms with Gasteiger partial charge in [-0.25, -0.2) is 4.98 Å². The molecular weight excluding hydrogens is 688 g/mol. The summed E-state index contributed by atoms with van der Waals surface area (Å²) < 4.78 is 17.1. The van der Waals surface area contributed by atoms with Crippen LogP contribution in [0.25, 0.3) is 49.7 Å². The maximum Gasteiger partial charge on any atom is 0.161 e. The highest BCUT2D eigenvalue weighted by molar-refractivity contribution is 9.10. The topological polar surface area (TPSA) is 36.3 Å². The fourth-order valence-corrected chi connectivity index (χ4v) is 6.80. The minimum atomic E-state index is 0.669. The predicted molar refractivity (Wildman–Crippen MR) is 196 cm³/mol. The first-order valence-electron chi connectivity index (χ1n) is 16.3. The van der Waals surface area contributed by atoms with Gasteiger partial charge in [0.1, 0.15) is 5.82 Å². The molecule has 232 valence electrons. The highest BCUT2D eigenvalue weighted by Gasteiger charge is 2.22. The Morgan fingerprint density at radius 1 is 0.600 bits per heavy atom. The quantitative estimate of drug-likeness (QED) is 0.0828. The molecule has 45 heavy (non-hydrogen) atoms. The molecule has 6 heteroatoms. The molecule has 0 aliphatic carbocycles. The lowest BCUT2D eigenvalue weighted by atomic mass is 10.00. The van der Waals surface area contributed by atoms with Crippen molar-refractivity contribution in [3.8, 4) is 28.6 Å². The summed E-state index contributed by atoms with van der Waals surface area (Å²) in [7, 11) is 0. The van der Waals surface area contributed by atoms with Crippen molar-refractivity contribution in [1.29, 1.82) is 0 Å². The normalized spacial score (nSPS) is 11.6. The van der Waals surface area contributed by atoms with E-state index in [1.165, 1.54) is 49.3 Å². The first-order chi connectivity index (χ1) is 22.1. The van der Waals surface area contributed by atoms with Crippen LogP contribution in [0.5, 0.6) is 11.5 Å². The van der Waals surface area contributed by atoms with E-state index in [0.29, 0.717) is 13.2 Å². The van der Waals surface area contributed by atoms with Crippen LogP contribution in [0.4, 0.5) is 0 Å². The van der Waals surface area contributed by atoms with Gasteiger partial charge >= 0.3 is 0 Å². The predicted octanol–water partition coefficient (Wildman–Crippen LogP) is 12.4. The van der Waals surface area contributed by atoms with Gasteiger partial charge in [0.05, 0.1) is 24.2 Å². The Morgan fingerprint density at radius 3 is 1.89 bits per heavy atom. The number of halogens is 2.